The minimum Gasteiger partial charge on any atom is -0.462 e. The molecule has 0 N–H and O–H groups in total. The molecule has 1 atom stereocenters. The van der Waals surface area contributed by atoms with Gasteiger partial charge in [0.15, 0.2) is 6.10 Å². The molecule has 64 heavy (non-hydrogen) atoms. The summed E-state index contributed by atoms with van der Waals surface area (Å²) in [4.78, 5) is 38.0. The topological polar surface area (TPSA) is 78.9 Å². The Labute approximate surface area is 397 Å². The lowest BCUT2D eigenvalue weighted by Gasteiger charge is -2.18. The summed E-state index contributed by atoms with van der Waals surface area (Å²) in [5.74, 6) is -0.883. The molecule has 0 saturated carbocycles. The minimum absolute atomic E-state index is 0.0763. The van der Waals surface area contributed by atoms with Gasteiger partial charge in [0.2, 0.25) is 0 Å². The third-order valence-electron chi connectivity index (χ3n) is 12.4. The molecule has 6 nitrogen and oxygen atoms in total. The van der Waals surface area contributed by atoms with Crippen LogP contribution in [0.15, 0.2) is 36.5 Å². The second-order valence-electron chi connectivity index (χ2n) is 18.9. The van der Waals surface area contributed by atoms with Gasteiger partial charge in [0.25, 0.3) is 0 Å². The molecule has 0 aromatic heterocycles. The van der Waals surface area contributed by atoms with E-state index in [0.717, 1.165) is 70.6 Å². The van der Waals surface area contributed by atoms with E-state index in [1.165, 1.54) is 186 Å². The second kappa shape index (κ2) is 53.2. The summed E-state index contributed by atoms with van der Waals surface area (Å²) in [6.07, 6.45) is 62.7. The predicted molar refractivity (Wildman–Crippen MR) is 275 cm³/mol. The highest BCUT2D eigenvalue weighted by molar-refractivity contribution is 5.71. The summed E-state index contributed by atoms with van der Waals surface area (Å²) in [6, 6.07) is 0. The number of unbranched alkanes of at least 4 members (excludes halogenated alkanes) is 35. The van der Waals surface area contributed by atoms with Gasteiger partial charge in [-0.1, -0.05) is 243 Å². The average Bonchev–Trinajstić information content (AvgIpc) is 3.29. The third kappa shape index (κ3) is 50.6. The third-order valence-corrected chi connectivity index (χ3v) is 12.4. The van der Waals surface area contributed by atoms with E-state index < -0.39 is 6.10 Å². The first-order valence-corrected chi connectivity index (χ1v) is 28.0. The highest BCUT2D eigenvalue weighted by Gasteiger charge is 2.19. The van der Waals surface area contributed by atoms with E-state index >= 15 is 0 Å². The van der Waals surface area contributed by atoms with Gasteiger partial charge in [-0.3, -0.25) is 14.4 Å². The van der Waals surface area contributed by atoms with Crippen LogP contribution >= 0.6 is 0 Å². The van der Waals surface area contributed by atoms with E-state index in [4.69, 9.17) is 14.2 Å². The standard InChI is InChI=1S/C58H106O6/c1-4-7-10-13-16-19-22-25-27-28-29-30-32-33-36-39-42-45-48-51-57(60)63-54-55(53-62-56(59)50-47-44-41-38-35-24-21-18-15-12-9-6-3)64-58(61)52-49-46-43-40-37-34-31-26-23-20-17-14-11-8-5-2/h17-18,20-21,23,26,55H,4-16,19,22,24-25,27-54H2,1-3H3/b20-17-,21-18-,26-23-. The lowest BCUT2D eigenvalue weighted by atomic mass is 10.0. The van der Waals surface area contributed by atoms with Crippen molar-refractivity contribution < 1.29 is 28.6 Å². The maximum absolute atomic E-state index is 12.8. The van der Waals surface area contributed by atoms with E-state index in [1.807, 2.05) is 0 Å². The van der Waals surface area contributed by atoms with Crippen molar-refractivity contribution in [3.63, 3.8) is 0 Å². The van der Waals surface area contributed by atoms with E-state index in [9.17, 15) is 14.4 Å². The SMILES string of the molecule is CCCCC/C=C\C=C/CCCCCCCCC(=O)OC(COC(=O)CCCCCCC/C=C\CCCCC)COC(=O)CCCCCCCCCCCCCCCCCCCCC. The summed E-state index contributed by atoms with van der Waals surface area (Å²) in [7, 11) is 0. The number of hydrogen-bond donors (Lipinski definition) is 0. The molecule has 374 valence electrons. The van der Waals surface area contributed by atoms with E-state index in [0.29, 0.717) is 19.3 Å². The molecule has 0 aliphatic rings. The van der Waals surface area contributed by atoms with Gasteiger partial charge in [-0.2, -0.15) is 0 Å². The lowest BCUT2D eigenvalue weighted by molar-refractivity contribution is -0.167. The van der Waals surface area contributed by atoms with Crippen molar-refractivity contribution >= 4 is 17.9 Å². The molecule has 0 heterocycles. The monoisotopic (exact) mass is 899 g/mol. The molecule has 0 aromatic rings. The molecular weight excluding hydrogens is 793 g/mol. The van der Waals surface area contributed by atoms with Crippen molar-refractivity contribution in [3.05, 3.63) is 36.5 Å². The summed E-state index contributed by atoms with van der Waals surface area (Å²) in [5.41, 5.74) is 0. The molecule has 0 aromatic carbocycles. The van der Waals surface area contributed by atoms with Crippen LogP contribution in [0.2, 0.25) is 0 Å². The Hall–Kier alpha value is -2.37. The van der Waals surface area contributed by atoms with E-state index in [1.54, 1.807) is 0 Å². The quantitative estimate of drug-likeness (QED) is 0.0199. The van der Waals surface area contributed by atoms with Crippen LogP contribution in [0.1, 0.15) is 297 Å². The molecule has 0 spiro atoms. The van der Waals surface area contributed by atoms with Gasteiger partial charge in [0.1, 0.15) is 13.2 Å². The summed E-state index contributed by atoms with van der Waals surface area (Å²) in [6.45, 7) is 6.60. The van der Waals surface area contributed by atoms with E-state index in [-0.39, 0.29) is 31.1 Å². The normalized spacial score (nSPS) is 12.2. The number of ether oxygens (including phenoxy) is 3. The Morgan fingerprint density at radius 3 is 0.906 bits per heavy atom. The second-order valence-corrected chi connectivity index (χ2v) is 18.9. The first kappa shape index (κ1) is 61.6. The number of rotatable bonds is 51. The van der Waals surface area contributed by atoms with Gasteiger partial charge >= 0.3 is 17.9 Å². The summed E-state index contributed by atoms with van der Waals surface area (Å²) < 4.78 is 16.8. The molecule has 0 aliphatic carbocycles. The molecule has 0 radical (unpaired) electrons. The first-order chi connectivity index (χ1) is 31.5. The Bertz CT molecular complexity index is 1080. The van der Waals surface area contributed by atoms with Gasteiger partial charge < -0.3 is 14.2 Å². The Balaban J connectivity index is 4.32. The highest BCUT2D eigenvalue weighted by atomic mass is 16.6. The molecule has 0 amide bonds. The van der Waals surface area contributed by atoms with Crippen molar-refractivity contribution in [2.24, 2.45) is 0 Å². The van der Waals surface area contributed by atoms with E-state index in [2.05, 4.69) is 57.2 Å². The van der Waals surface area contributed by atoms with Crippen molar-refractivity contribution in [1.82, 2.24) is 0 Å². The van der Waals surface area contributed by atoms with Gasteiger partial charge in [-0.15, -0.1) is 0 Å². The maximum atomic E-state index is 12.8. The Kier molecular flexibility index (Phi) is 51.3. The first-order valence-electron chi connectivity index (χ1n) is 28.0. The van der Waals surface area contributed by atoms with Crippen LogP contribution in [0.4, 0.5) is 0 Å². The Morgan fingerprint density at radius 2 is 0.562 bits per heavy atom. The van der Waals surface area contributed by atoms with Crippen LogP contribution in [-0.4, -0.2) is 37.2 Å². The molecule has 0 bridgehead atoms. The van der Waals surface area contributed by atoms with Crippen molar-refractivity contribution in [2.45, 2.75) is 303 Å². The molecular formula is C58H106O6. The van der Waals surface area contributed by atoms with Crippen LogP contribution < -0.4 is 0 Å². The van der Waals surface area contributed by atoms with Crippen LogP contribution in [0.25, 0.3) is 0 Å². The molecule has 1 unspecified atom stereocenters. The van der Waals surface area contributed by atoms with Gasteiger partial charge in [0.05, 0.1) is 0 Å². The number of hydrogen-bond acceptors (Lipinski definition) is 6. The fraction of sp³-hybridized carbons (Fsp3) is 0.845. The predicted octanol–water partition coefficient (Wildman–Crippen LogP) is 18.5. The molecule has 0 saturated heterocycles. The van der Waals surface area contributed by atoms with Crippen molar-refractivity contribution in [2.75, 3.05) is 13.2 Å². The summed E-state index contributed by atoms with van der Waals surface area (Å²) >= 11 is 0. The zero-order chi connectivity index (χ0) is 46.5. The van der Waals surface area contributed by atoms with Crippen molar-refractivity contribution in [1.29, 1.82) is 0 Å². The molecule has 0 fully saturated rings. The smallest absolute Gasteiger partial charge is 0.306 e. The zero-order valence-electron chi connectivity index (χ0n) is 42.8. The number of carbonyl (C=O) groups is 3. The largest absolute Gasteiger partial charge is 0.462 e. The van der Waals surface area contributed by atoms with Crippen molar-refractivity contribution in [3.8, 4) is 0 Å². The minimum atomic E-state index is -0.778. The van der Waals surface area contributed by atoms with Crippen LogP contribution in [-0.2, 0) is 28.6 Å². The molecule has 6 heteroatoms. The van der Waals surface area contributed by atoms with Gasteiger partial charge in [-0.25, -0.2) is 0 Å². The summed E-state index contributed by atoms with van der Waals surface area (Å²) in [5, 5.41) is 0. The number of allylic oxidation sites excluding steroid dienone is 6. The highest BCUT2D eigenvalue weighted by Crippen LogP contribution is 2.16. The van der Waals surface area contributed by atoms with Crippen LogP contribution in [0.5, 0.6) is 0 Å². The van der Waals surface area contributed by atoms with Gasteiger partial charge in [-0.05, 0) is 70.6 Å². The Morgan fingerprint density at radius 1 is 0.312 bits per heavy atom. The number of carbonyl (C=O) groups excluding carboxylic acids is 3. The maximum Gasteiger partial charge on any atom is 0.306 e. The molecule has 0 rings (SSSR count). The van der Waals surface area contributed by atoms with Crippen LogP contribution in [0.3, 0.4) is 0 Å². The van der Waals surface area contributed by atoms with Gasteiger partial charge in [0, 0.05) is 19.3 Å². The number of esters is 3. The molecule has 0 aliphatic heterocycles. The average molecular weight is 899 g/mol. The lowest BCUT2D eigenvalue weighted by Crippen LogP contribution is -2.30. The fourth-order valence-electron chi connectivity index (χ4n) is 8.14. The van der Waals surface area contributed by atoms with Crippen LogP contribution in [0, 0.1) is 0 Å². The fourth-order valence-corrected chi connectivity index (χ4v) is 8.14. The zero-order valence-corrected chi connectivity index (χ0v) is 42.8.